The van der Waals surface area contributed by atoms with Gasteiger partial charge in [-0.05, 0) is 0 Å². The third kappa shape index (κ3) is 104. The van der Waals surface area contributed by atoms with Crippen molar-refractivity contribution < 1.29 is 30.1 Å². The minimum absolute atomic E-state index is 0.149. The molecule has 0 atom stereocenters. The number of rotatable bonds is 18. The van der Waals surface area contributed by atoms with E-state index in [0.717, 1.165) is 0 Å². The molecule has 0 heterocycles. The molecular formula is C24H54B2O6Sn3. The zero-order valence-corrected chi connectivity index (χ0v) is 32.4. The summed E-state index contributed by atoms with van der Waals surface area (Å²) in [5.41, 5.74) is 0. The average Bonchev–Trinajstić information content (AvgIpc) is 2.79. The normalized spacial score (nSPS) is 8.57. The second-order valence-corrected chi connectivity index (χ2v) is 20.8. The predicted molar refractivity (Wildman–Crippen MR) is 147 cm³/mol. The second kappa shape index (κ2) is 52.7. The van der Waals surface area contributed by atoms with Gasteiger partial charge in [-0.3, -0.25) is 14.6 Å². The SMILES string of the molecule is CCC[CH2][Sn+2][CH2]CCC.CCC[CH2][Sn+2][CH2]CCC.CCC[CH2][Sn+2][CH2]CCC.[O-]B([O-])[O-].[O-]B([O-])[O-]. The third-order valence-corrected chi connectivity index (χ3v) is 16.4. The van der Waals surface area contributed by atoms with Crippen molar-refractivity contribution >= 4 is 78.1 Å². The Labute approximate surface area is 251 Å². The van der Waals surface area contributed by atoms with Crippen LogP contribution in [0.25, 0.3) is 0 Å². The van der Waals surface area contributed by atoms with Crippen molar-refractivity contribution in [3.63, 3.8) is 0 Å². The maximum atomic E-state index is 8.42. The maximum Gasteiger partial charge on any atom is -0.278 e. The van der Waals surface area contributed by atoms with E-state index in [9.17, 15) is 0 Å². The van der Waals surface area contributed by atoms with Gasteiger partial charge in [0.15, 0.2) is 0 Å². The van der Waals surface area contributed by atoms with E-state index in [1.807, 2.05) is 0 Å². The summed E-state index contributed by atoms with van der Waals surface area (Å²) >= 11 is 0.448. The first-order valence-electron chi connectivity index (χ1n) is 13.8. The molecule has 0 fully saturated rings. The summed E-state index contributed by atoms with van der Waals surface area (Å²) in [5.74, 6) is 0. The van der Waals surface area contributed by atoms with E-state index in [1.165, 1.54) is 77.0 Å². The van der Waals surface area contributed by atoms with Crippen LogP contribution in [-0.2, 0) is 0 Å². The van der Waals surface area contributed by atoms with Gasteiger partial charge in [0.05, 0.1) is 0 Å². The molecule has 11 heteroatoms. The first kappa shape index (κ1) is 47.1. The zero-order chi connectivity index (χ0) is 28.0. The quantitative estimate of drug-likeness (QED) is 0.152. The van der Waals surface area contributed by atoms with Gasteiger partial charge in [0.25, 0.3) is 0 Å². The van der Waals surface area contributed by atoms with Gasteiger partial charge >= 0.3 is 209 Å². The molecule has 0 aliphatic carbocycles. The molecule has 0 aromatic heterocycles. The molecule has 0 saturated carbocycles. The van der Waals surface area contributed by atoms with Crippen LogP contribution >= 0.6 is 0 Å². The largest absolute Gasteiger partial charge is 0.907 e. The topological polar surface area (TPSA) is 138 Å². The van der Waals surface area contributed by atoms with Crippen molar-refractivity contribution in [3.8, 4) is 0 Å². The second-order valence-electron chi connectivity index (χ2n) is 7.95. The van der Waals surface area contributed by atoms with Crippen molar-refractivity contribution in [3.05, 3.63) is 0 Å². The van der Waals surface area contributed by atoms with Crippen LogP contribution in [-0.4, -0.2) is 78.1 Å². The van der Waals surface area contributed by atoms with Crippen molar-refractivity contribution in [2.75, 3.05) is 0 Å². The van der Waals surface area contributed by atoms with Crippen LogP contribution in [0.1, 0.15) is 119 Å². The fraction of sp³-hybridized carbons (Fsp3) is 1.00. The minimum atomic E-state index is -2.92. The van der Waals surface area contributed by atoms with E-state index >= 15 is 0 Å². The zero-order valence-electron chi connectivity index (χ0n) is 23.8. The number of hydrogen-bond donors (Lipinski definition) is 0. The Kier molecular flexibility index (Phi) is 70.9. The third-order valence-electron chi connectivity index (χ3n) is 4.24. The predicted octanol–water partition coefficient (Wildman–Crippen LogP) is 1.49. The molecule has 0 aromatic rings. The molecule has 0 aromatic carbocycles. The number of unbranched alkanes of at least 4 members (excludes halogenated alkanes) is 6. The van der Waals surface area contributed by atoms with Crippen molar-refractivity contribution in [2.45, 2.75) is 145 Å². The molecule has 0 aliphatic rings. The summed E-state index contributed by atoms with van der Waals surface area (Å²) in [7, 11) is -5.83. The summed E-state index contributed by atoms with van der Waals surface area (Å²) in [6.07, 6.45) is 17.5. The van der Waals surface area contributed by atoms with E-state index in [1.54, 1.807) is 26.6 Å². The monoisotopic (exact) mass is 820 g/mol. The molecule has 204 valence electrons. The smallest absolute Gasteiger partial charge is 0.278 e. The fourth-order valence-corrected chi connectivity index (χ4v) is 14.7. The molecule has 0 rings (SSSR count). The van der Waals surface area contributed by atoms with Gasteiger partial charge in [-0.25, -0.2) is 0 Å². The van der Waals surface area contributed by atoms with Crippen LogP contribution in [0.4, 0.5) is 0 Å². The summed E-state index contributed by atoms with van der Waals surface area (Å²) < 4.78 is 9.75. The van der Waals surface area contributed by atoms with Crippen LogP contribution in [0.2, 0.25) is 26.6 Å². The molecule has 0 spiro atoms. The molecule has 35 heavy (non-hydrogen) atoms. The van der Waals surface area contributed by atoms with Crippen LogP contribution in [0.5, 0.6) is 0 Å². The Balaban J connectivity index is -0.000000112. The van der Waals surface area contributed by atoms with Gasteiger partial charge in [-0.15, -0.1) is 0 Å². The van der Waals surface area contributed by atoms with Gasteiger partial charge in [0.2, 0.25) is 0 Å². The molecular weight excluding hydrogens is 762 g/mol. The van der Waals surface area contributed by atoms with E-state index in [2.05, 4.69) is 41.5 Å². The van der Waals surface area contributed by atoms with Crippen LogP contribution in [0.15, 0.2) is 0 Å². The Hall–Kier alpha value is 2.29. The standard InChI is InChI=1S/6C4H9.2BO3.3Sn/c6*1-3-4-2;2*2-1(3)4;;;/h6*1,3-4H2,2H3;;;;;/q;;;;;;2*-3;3*+2. The van der Waals surface area contributed by atoms with Crippen molar-refractivity contribution in [2.24, 2.45) is 0 Å². The minimum Gasteiger partial charge on any atom is -0.907 e. The van der Waals surface area contributed by atoms with E-state index in [-0.39, 0.29) is 63.4 Å². The van der Waals surface area contributed by atoms with E-state index < -0.39 is 14.6 Å². The summed E-state index contributed by atoms with van der Waals surface area (Å²) in [4.78, 5) is 0. The first-order chi connectivity index (χ1) is 16.7. The van der Waals surface area contributed by atoms with Crippen LogP contribution < -0.4 is 30.1 Å². The summed E-state index contributed by atoms with van der Waals surface area (Å²) in [5, 5.41) is 50.5. The maximum absolute atomic E-state index is 8.42. The Morgan fingerprint density at radius 1 is 0.343 bits per heavy atom. The summed E-state index contributed by atoms with van der Waals surface area (Å²) in [6.45, 7) is 13.7. The Bertz CT molecular complexity index is 237. The Morgan fingerprint density at radius 2 is 0.457 bits per heavy atom. The molecule has 0 aliphatic heterocycles. The van der Waals surface area contributed by atoms with Crippen LogP contribution in [0.3, 0.4) is 0 Å². The van der Waals surface area contributed by atoms with Gasteiger partial charge in [0, 0.05) is 0 Å². The van der Waals surface area contributed by atoms with E-state index in [0.29, 0.717) is 0 Å². The van der Waals surface area contributed by atoms with E-state index in [4.69, 9.17) is 30.1 Å². The molecule has 6 nitrogen and oxygen atoms in total. The first-order valence-corrected chi connectivity index (χ1v) is 25.9. The average molecular weight is 816 g/mol. The summed E-state index contributed by atoms with van der Waals surface area (Å²) in [6, 6.07) is 0. The van der Waals surface area contributed by atoms with Gasteiger partial charge in [-0.1, -0.05) is 0 Å². The molecule has 0 N–H and O–H groups in total. The Morgan fingerprint density at radius 3 is 0.543 bits per heavy atom. The molecule has 0 saturated heterocycles. The molecule has 0 bridgehead atoms. The van der Waals surface area contributed by atoms with Crippen molar-refractivity contribution in [1.82, 2.24) is 0 Å². The molecule has 0 unspecified atom stereocenters. The van der Waals surface area contributed by atoms with Gasteiger partial charge < -0.3 is 30.1 Å². The van der Waals surface area contributed by atoms with Crippen LogP contribution in [0, 0.1) is 0 Å². The molecule has 0 radical (unpaired) electrons. The number of hydrogen-bond acceptors (Lipinski definition) is 6. The van der Waals surface area contributed by atoms with Crippen molar-refractivity contribution in [1.29, 1.82) is 0 Å². The fourth-order valence-electron chi connectivity index (χ4n) is 2.19. The van der Waals surface area contributed by atoms with Gasteiger partial charge in [0.1, 0.15) is 0 Å². The van der Waals surface area contributed by atoms with Gasteiger partial charge in [-0.2, -0.15) is 0 Å². The molecule has 0 amide bonds.